The quantitative estimate of drug-likeness (QED) is 0.749. The molecule has 1 spiro atoms. The number of carbonyl (C=O) groups excluding carboxylic acids is 2. The molecule has 4 aliphatic rings. The van der Waals surface area contributed by atoms with E-state index in [1.807, 2.05) is 51.1 Å². The molecule has 4 fully saturated rings. The van der Waals surface area contributed by atoms with Crippen molar-refractivity contribution in [2.45, 2.75) is 101 Å². The average Bonchev–Trinajstić information content (AvgIpc) is 3.21. The van der Waals surface area contributed by atoms with Crippen LogP contribution in [0.15, 0.2) is 30.3 Å². The Balaban J connectivity index is 1.44. The molecular formula is C25H34N2O6. The zero-order valence-corrected chi connectivity index (χ0v) is 19.6. The van der Waals surface area contributed by atoms with Crippen LogP contribution in [0.2, 0.25) is 0 Å². The Kier molecular flexibility index (Phi) is 5.97. The topological polar surface area (TPSA) is 86.3 Å². The molecule has 2 amide bonds. The van der Waals surface area contributed by atoms with Crippen molar-refractivity contribution in [1.29, 1.82) is 0 Å². The summed E-state index contributed by atoms with van der Waals surface area (Å²) < 4.78 is 25.1. The first-order chi connectivity index (χ1) is 15.7. The minimum absolute atomic E-state index is 0.129. The Labute approximate surface area is 194 Å². The van der Waals surface area contributed by atoms with E-state index in [4.69, 9.17) is 18.9 Å². The molecule has 8 heteroatoms. The number of carbonyl (C=O) groups is 2. The third-order valence-electron chi connectivity index (χ3n) is 6.83. The lowest BCUT2D eigenvalue weighted by molar-refractivity contribution is -0.249. The van der Waals surface area contributed by atoms with Gasteiger partial charge in [-0.25, -0.2) is 0 Å². The highest BCUT2D eigenvalue weighted by Gasteiger charge is 2.62. The summed E-state index contributed by atoms with van der Waals surface area (Å²) in [7, 11) is 0. The Morgan fingerprint density at radius 1 is 1.06 bits per heavy atom. The van der Waals surface area contributed by atoms with E-state index in [0.717, 1.165) is 31.2 Å². The van der Waals surface area contributed by atoms with Gasteiger partial charge in [-0.15, -0.1) is 0 Å². The molecule has 8 nitrogen and oxygen atoms in total. The summed E-state index contributed by atoms with van der Waals surface area (Å²) >= 11 is 0. The van der Waals surface area contributed by atoms with E-state index in [0.29, 0.717) is 6.54 Å². The maximum absolute atomic E-state index is 13.5. The van der Waals surface area contributed by atoms with Gasteiger partial charge in [0.2, 0.25) is 11.8 Å². The first kappa shape index (κ1) is 22.8. The number of amides is 2. The largest absolute Gasteiger partial charge is 0.363 e. The van der Waals surface area contributed by atoms with Gasteiger partial charge in [0.05, 0.1) is 0 Å². The van der Waals surface area contributed by atoms with Crippen LogP contribution >= 0.6 is 0 Å². The summed E-state index contributed by atoms with van der Waals surface area (Å²) in [5.74, 6) is -1.14. The molecule has 3 heterocycles. The van der Waals surface area contributed by atoms with Crippen LogP contribution in [0.4, 0.5) is 0 Å². The molecule has 0 radical (unpaired) electrons. The number of fused-ring (bicyclic) bond motifs is 3. The molecule has 1 aromatic carbocycles. The van der Waals surface area contributed by atoms with E-state index in [1.54, 1.807) is 4.90 Å². The Morgan fingerprint density at radius 3 is 2.48 bits per heavy atom. The normalized spacial score (nSPS) is 33.5. The maximum atomic E-state index is 13.5. The number of hydrogen-bond acceptors (Lipinski definition) is 6. The van der Waals surface area contributed by atoms with Gasteiger partial charge in [0.15, 0.2) is 12.1 Å². The van der Waals surface area contributed by atoms with Crippen molar-refractivity contribution >= 4 is 11.8 Å². The predicted molar refractivity (Wildman–Crippen MR) is 119 cm³/mol. The van der Waals surface area contributed by atoms with Crippen molar-refractivity contribution in [1.82, 2.24) is 10.2 Å². The molecule has 5 atom stereocenters. The van der Waals surface area contributed by atoms with E-state index < -0.39 is 42.0 Å². The Bertz CT molecular complexity index is 879. The second-order valence-corrected chi connectivity index (χ2v) is 10.6. The zero-order valence-electron chi connectivity index (χ0n) is 19.6. The second-order valence-electron chi connectivity index (χ2n) is 10.6. The third kappa shape index (κ3) is 4.54. The third-order valence-corrected chi connectivity index (χ3v) is 6.83. The summed E-state index contributed by atoms with van der Waals surface area (Å²) in [4.78, 5) is 28.3. The Morgan fingerprint density at radius 2 is 1.79 bits per heavy atom. The van der Waals surface area contributed by atoms with Gasteiger partial charge in [-0.3, -0.25) is 9.59 Å². The lowest BCUT2D eigenvalue weighted by atomic mass is 9.94. The number of benzene rings is 1. The van der Waals surface area contributed by atoms with Crippen molar-refractivity contribution < 1.29 is 28.5 Å². The molecule has 3 aliphatic heterocycles. The van der Waals surface area contributed by atoms with E-state index in [2.05, 4.69) is 5.32 Å². The number of rotatable bonds is 3. The molecule has 1 saturated carbocycles. The van der Waals surface area contributed by atoms with Gasteiger partial charge in [-0.2, -0.15) is 0 Å². The minimum atomic E-state index is -0.857. The van der Waals surface area contributed by atoms with Gasteiger partial charge in [0.1, 0.15) is 31.0 Å². The van der Waals surface area contributed by atoms with E-state index in [9.17, 15) is 9.59 Å². The van der Waals surface area contributed by atoms with Crippen LogP contribution in [0.25, 0.3) is 0 Å². The fourth-order valence-corrected chi connectivity index (χ4v) is 5.41. The molecule has 1 N–H and O–H groups in total. The van der Waals surface area contributed by atoms with E-state index >= 15 is 0 Å². The van der Waals surface area contributed by atoms with Gasteiger partial charge < -0.3 is 29.2 Å². The van der Waals surface area contributed by atoms with Crippen LogP contribution in [0.5, 0.6) is 0 Å². The van der Waals surface area contributed by atoms with Crippen LogP contribution in [0.3, 0.4) is 0 Å². The van der Waals surface area contributed by atoms with Crippen molar-refractivity contribution in [3.63, 3.8) is 0 Å². The molecule has 1 aliphatic carbocycles. The number of nitrogens with zero attached hydrogens (tertiary/aromatic N) is 1. The molecule has 5 rings (SSSR count). The summed E-state index contributed by atoms with van der Waals surface area (Å²) in [6.07, 6.45) is 2.63. The summed E-state index contributed by atoms with van der Waals surface area (Å²) in [6.45, 7) is 5.92. The van der Waals surface area contributed by atoms with Crippen LogP contribution in [0.1, 0.15) is 58.4 Å². The van der Waals surface area contributed by atoms with Crippen molar-refractivity contribution in [2.75, 3.05) is 6.61 Å². The smallest absolute Gasteiger partial charge is 0.249 e. The highest BCUT2D eigenvalue weighted by atomic mass is 16.8. The number of ether oxygens (including phenoxy) is 4. The first-order valence-corrected chi connectivity index (χ1v) is 12.0. The SMILES string of the molecule is CC(C)(C)NC(=O)[C@H]1[C@H]2O[C@@H]3OC4(CCCCC4)O[C@@H]3[C@H]2OCC(=O)N1Cc1ccccc1. The molecule has 1 aromatic rings. The molecule has 0 unspecified atom stereocenters. The number of hydrogen-bond donors (Lipinski definition) is 1. The van der Waals surface area contributed by atoms with Crippen LogP contribution < -0.4 is 5.32 Å². The monoisotopic (exact) mass is 458 g/mol. The summed E-state index contributed by atoms with van der Waals surface area (Å²) in [6, 6.07) is 8.79. The minimum Gasteiger partial charge on any atom is -0.363 e. The summed E-state index contributed by atoms with van der Waals surface area (Å²) in [5.41, 5.74) is 0.471. The zero-order chi connectivity index (χ0) is 23.2. The fourth-order valence-electron chi connectivity index (χ4n) is 5.41. The van der Waals surface area contributed by atoms with Gasteiger partial charge in [0.25, 0.3) is 0 Å². The fraction of sp³-hybridized carbons (Fsp3) is 0.680. The number of nitrogens with one attached hydrogen (secondary N) is 1. The molecule has 33 heavy (non-hydrogen) atoms. The van der Waals surface area contributed by atoms with Gasteiger partial charge in [-0.05, 0) is 39.2 Å². The van der Waals surface area contributed by atoms with Crippen LogP contribution in [-0.4, -0.2) is 65.3 Å². The van der Waals surface area contributed by atoms with Gasteiger partial charge >= 0.3 is 0 Å². The second kappa shape index (κ2) is 8.65. The molecule has 0 bridgehead atoms. The first-order valence-electron chi connectivity index (χ1n) is 12.0. The maximum Gasteiger partial charge on any atom is 0.249 e. The highest BCUT2D eigenvalue weighted by Crippen LogP contribution is 2.47. The molecule has 0 aromatic heterocycles. The van der Waals surface area contributed by atoms with E-state index in [-0.39, 0.29) is 18.4 Å². The highest BCUT2D eigenvalue weighted by molar-refractivity contribution is 5.89. The average molecular weight is 459 g/mol. The molecular weight excluding hydrogens is 424 g/mol. The summed E-state index contributed by atoms with van der Waals surface area (Å²) in [5, 5.41) is 3.04. The lowest BCUT2D eigenvalue weighted by Crippen LogP contribution is -2.59. The standard InChI is InChI=1S/C25H34N2O6/c1-24(2,3)26-22(29)18-19-20(21-23(31-19)33-25(32-21)12-8-5-9-13-25)30-15-17(28)27(18)14-16-10-6-4-7-11-16/h4,6-7,10-11,18-21,23H,5,8-9,12-15H2,1-3H3,(H,26,29)/t18-,19-,20+,21-,23-/m1/s1. The lowest BCUT2D eigenvalue weighted by Gasteiger charge is -2.37. The van der Waals surface area contributed by atoms with Crippen molar-refractivity contribution in [2.24, 2.45) is 0 Å². The van der Waals surface area contributed by atoms with Crippen LogP contribution in [0, 0.1) is 0 Å². The van der Waals surface area contributed by atoms with Crippen molar-refractivity contribution in [3.8, 4) is 0 Å². The van der Waals surface area contributed by atoms with E-state index in [1.165, 1.54) is 6.42 Å². The molecule has 3 saturated heterocycles. The van der Waals surface area contributed by atoms with Gasteiger partial charge in [0, 0.05) is 24.9 Å². The van der Waals surface area contributed by atoms with Gasteiger partial charge in [-0.1, -0.05) is 36.8 Å². The molecule has 180 valence electrons. The Hall–Kier alpha value is -2.00. The van der Waals surface area contributed by atoms with Crippen molar-refractivity contribution in [3.05, 3.63) is 35.9 Å². The van der Waals surface area contributed by atoms with Crippen LogP contribution in [-0.2, 0) is 35.1 Å². The predicted octanol–water partition coefficient (Wildman–Crippen LogP) is 2.50.